The Morgan fingerprint density at radius 3 is 2.88 bits per heavy atom. The molecule has 11 heteroatoms. The predicted octanol–water partition coefficient (Wildman–Crippen LogP) is 1.04. The third-order valence-corrected chi connectivity index (χ3v) is 4.71. The molecule has 24 heavy (non-hydrogen) atoms. The van der Waals surface area contributed by atoms with E-state index < -0.39 is 22.6 Å². The van der Waals surface area contributed by atoms with Crippen molar-refractivity contribution < 1.29 is 26.3 Å². The zero-order valence-corrected chi connectivity index (χ0v) is 13.9. The topological polar surface area (TPSA) is 84.4 Å². The third-order valence-electron chi connectivity index (χ3n) is 3.44. The molecule has 1 atom stereocenters. The largest absolute Gasteiger partial charge is 0.389 e. The van der Waals surface area contributed by atoms with Crippen LogP contribution in [0.2, 0.25) is 0 Å². The van der Waals surface area contributed by atoms with Crippen LogP contribution in [-0.2, 0) is 21.2 Å². The summed E-state index contributed by atoms with van der Waals surface area (Å²) >= 11 is 0. The number of nitrogens with one attached hydrogen (secondary N) is 1. The number of hydrogen-bond donors (Lipinski definition) is 1. The Morgan fingerprint density at radius 2 is 2.21 bits per heavy atom. The molecule has 1 N–H and O–H groups in total. The van der Waals surface area contributed by atoms with E-state index in [2.05, 4.69) is 15.3 Å². The Kier molecular flexibility index (Phi) is 5.99. The minimum Gasteiger partial charge on any atom is -0.374 e. The number of morpholine rings is 1. The summed E-state index contributed by atoms with van der Waals surface area (Å²) < 4.78 is 66.6. The summed E-state index contributed by atoms with van der Waals surface area (Å²) in [5, 5.41) is 2.87. The van der Waals surface area contributed by atoms with Gasteiger partial charge in [-0.15, -0.1) is 0 Å². The molecule has 1 aromatic rings. The van der Waals surface area contributed by atoms with Gasteiger partial charge < -0.3 is 10.1 Å². The molecule has 0 saturated carbocycles. The Morgan fingerprint density at radius 1 is 1.46 bits per heavy atom. The highest BCUT2D eigenvalue weighted by Crippen LogP contribution is 2.21. The second-order valence-corrected chi connectivity index (χ2v) is 7.46. The lowest BCUT2D eigenvalue weighted by Crippen LogP contribution is -2.47. The van der Waals surface area contributed by atoms with Gasteiger partial charge in [0.2, 0.25) is 16.0 Å². The van der Waals surface area contributed by atoms with Gasteiger partial charge in [0.15, 0.2) is 0 Å². The number of rotatable bonds is 6. The molecule has 0 bridgehead atoms. The van der Waals surface area contributed by atoms with Gasteiger partial charge in [0.25, 0.3) is 0 Å². The summed E-state index contributed by atoms with van der Waals surface area (Å²) in [6, 6.07) is 1.43. The van der Waals surface area contributed by atoms with Crippen LogP contribution >= 0.6 is 0 Å². The zero-order chi connectivity index (χ0) is 17.8. The first kappa shape index (κ1) is 18.9. The first-order valence-corrected chi connectivity index (χ1v) is 9.17. The quantitative estimate of drug-likeness (QED) is 0.808. The van der Waals surface area contributed by atoms with Crippen molar-refractivity contribution in [1.82, 2.24) is 14.3 Å². The lowest BCUT2D eigenvalue weighted by Gasteiger charge is -2.31. The van der Waals surface area contributed by atoms with Crippen LogP contribution in [0.4, 0.5) is 19.1 Å². The number of anilines is 1. The molecule has 0 aliphatic carbocycles. The standard InChI is InChI=1S/C13H19F3N4O3S/c1-24(21,22)20-6-7-23-11(9-20)8-18-12-17-5-3-10(19-12)2-4-13(14,15)16/h3,5,11H,2,4,6-9H2,1H3,(H,17,18,19). The molecule has 0 amide bonds. The lowest BCUT2D eigenvalue weighted by molar-refractivity contribution is -0.134. The fourth-order valence-electron chi connectivity index (χ4n) is 2.21. The highest BCUT2D eigenvalue weighted by molar-refractivity contribution is 7.88. The van der Waals surface area contributed by atoms with Crippen molar-refractivity contribution in [2.24, 2.45) is 0 Å². The Balaban J connectivity index is 1.88. The first-order valence-electron chi connectivity index (χ1n) is 7.33. The van der Waals surface area contributed by atoms with Gasteiger partial charge in [0.1, 0.15) is 0 Å². The van der Waals surface area contributed by atoms with Crippen LogP contribution in [0.15, 0.2) is 12.3 Å². The van der Waals surface area contributed by atoms with Crippen LogP contribution in [0.3, 0.4) is 0 Å². The van der Waals surface area contributed by atoms with Crippen LogP contribution in [-0.4, -0.2) is 67.5 Å². The van der Waals surface area contributed by atoms with Gasteiger partial charge in [-0.1, -0.05) is 0 Å². The zero-order valence-electron chi connectivity index (χ0n) is 13.1. The molecule has 136 valence electrons. The fraction of sp³-hybridized carbons (Fsp3) is 0.692. The van der Waals surface area contributed by atoms with Crippen molar-refractivity contribution in [1.29, 1.82) is 0 Å². The second-order valence-electron chi connectivity index (χ2n) is 5.48. The summed E-state index contributed by atoms with van der Waals surface area (Å²) in [5.41, 5.74) is 0.284. The molecule has 1 saturated heterocycles. The van der Waals surface area contributed by atoms with Crippen molar-refractivity contribution >= 4 is 16.0 Å². The van der Waals surface area contributed by atoms with Crippen LogP contribution < -0.4 is 5.32 Å². The van der Waals surface area contributed by atoms with E-state index in [0.717, 1.165) is 6.26 Å². The van der Waals surface area contributed by atoms with E-state index in [9.17, 15) is 21.6 Å². The molecular weight excluding hydrogens is 349 g/mol. The Labute approximate surface area is 138 Å². The van der Waals surface area contributed by atoms with Crippen LogP contribution in [0.25, 0.3) is 0 Å². The normalized spacial score (nSPS) is 20.1. The molecule has 1 aliphatic rings. The number of halogens is 3. The number of hydrogen-bond acceptors (Lipinski definition) is 6. The van der Waals surface area contributed by atoms with Crippen molar-refractivity contribution in [2.45, 2.75) is 25.1 Å². The molecule has 1 unspecified atom stereocenters. The number of sulfonamides is 1. The number of aryl methyl sites for hydroxylation is 1. The summed E-state index contributed by atoms with van der Waals surface area (Å²) in [6.45, 7) is 1.05. The van der Waals surface area contributed by atoms with Crippen LogP contribution in [0, 0.1) is 0 Å². The molecular formula is C13H19F3N4O3S. The maximum absolute atomic E-state index is 12.2. The third kappa shape index (κ3) is 6.21. The van der Waals surface area contributed by atoms with Crippen molar-refractivity contribution in [3.05, 3.63) is 18.0 Å². The Hall–Kier alpha value is -1.46. The first-order chi connectivity index (χ1) is 11.1. The van der Waals surface area contributed by atoms with Crippen molar-refractivity contribution in [3.63, 3.8) is 0 Å². The second kappa shape index (κ2) is 7.62. The van der Waals surface area contributed by atoms with Gasteiger partial charge >= 0.3 is 6.18 Å². The number of alkyl halides is 3. The average molecular weight is 368 g/mol. The fourth-order valence-corrected chi connectivity index (χ4v) is 3.06. The summed E-state index contributed by atoms with van der Waals surface area (Å²) in [4.78, 5) is 7.96. The minimum atomic E-state index is -4.23. The summed E-state index contributed by atoms with van der Waals surface area (Å²) in [5.74, 6) is 0.190. The van der Waals surface area contributed by atoms with Crippen molar-refractivity contribution in [3.8, 4) is 0 Å². The maximum atomic E-state index is 12.2. The van der Waals surface area contributed by atoms with Gasteiger partial charge in [-0.2, -0.15) is 17.5 Å². The van der Waals surface area contributed by atoms with Crippen LogP contribution in [0.5, 0.6) is 0 Å². The summed E-state index contributed by atoms with van der Waals surface area (Å²) in [7, 11) is -3.28. The van der Waals surface area contributed by atoms with E-state index >= 15 is 0 Å². The van der Waals surface area contributed by atoms with E-state index in [1.165, 1.54) is 16.6 Å². The Bertz CT molecular complexity index is 654. The molecule has 0 radical (unpaired) electrons. The molecule has 0 aromatic carbocycles. The minimum absolute atomic E-state index is 0.190. The van der Waals surface area contributed by atoms with E-state index in [4.69, 9.17) is 4.74 Å². The van der Waals surface area contributed by atoms with Crippen molar-refractivity contribution in [2.75, 3.05) is 37.8 Å². The molecule has 1 fully saturated rings. The van der Waals surface area contributed by atoms with E-state index in [1.807, 2.05) is 0 Å². The smallest absolute Gasteiger partial charge is 0.374 e. The van der Waals surface area contributed by atoms with Gasteiger partial charge in [0, 0.05) is 37.9 Å². The average Bonchev–Trinajstić information content (AvgIpc) is 2.50. The molecule has 2 rings (SSSR count). The van der Waals surface area contributed by atoms with E-state index in [1.54, 1.807) is 0 Å². The monoisotopic (exact) mass is 368 g/mol. The number of aromatic nitrogens is 2. The highest BCUT2D eigenvalue weighted by atomic mass is 32.2. The van der Waals surface area contributed by atoms with Gasteiger partial charge in [-0.25, -0.2) is 18.4 Å². The van der Waals surface area contributed by atoms with Gasteiger partial charge in [-0.05, 0) is 12.5 Å². The predicted molar refractivity (Wildman–Crippen MR) is 81.1 cm³/mol. The molecule has 7 nitrogen and oxygen atoms in total. The van der Waals surface area contributed by atoms with Gasteiger partial charge in [-0.3, -0.25) is 0 Å². The summed E-state index contributed by atoms with van der Waals surface area (Å²) in [6.07, 6.45) is -3.26. The molecule has 0 spiro atoms. The number of nitrogens with zero attached hydrogens (tertiary/aromatic N) is 3. The highest BCUT2D eigenvalue weighted by Gasteiger charge is 2.27. The molecule has 1 aromatic heterocycles. The molecule has 1 aliphatic heterocycles. The van der Waals surface area contributed by atoms with E-state index in [-0.39, 0.29) is 43.9 Å². The van der Waals surface area contributed by atoms with Gasteiger partial charge in [0.05, 0.1) is 19.0 Å². The maximum Gasteiger partial charge on any atom is 0.389 e. The molecule has 2 heterocycles. The van der Waals surface area contributed by atoms with E-state index in [0.29, 0.717) is 6.54 Å². The lowest BCUT2D eigenvalue weighted by atomic mass is 10.2. The number of ether oxygens (including phenoxy) is 1. The SMILES string of the molecule is CS(=O)(=O)N1CCOC(CNc2nccc(CCC(F)(F)F)n2)C1. The van der Waals surface area contributed by atoms with Crippen LogP contribution in [0.1, 0.15) is 12.1 Å².